The number of carbonyl (C=O) groups excluding carboxylic acids is 1. The third-order valence-electron chi connectivity index (χ3n) is 4.26. The Labute approximate surface area is 152 Å². The highest BCUT2D eigenvalue weighted by atomic mass is 28.4. The Hall–Kier alpha value is -0.573. The number of allylic oxidation sites excluding steroid dienone is 2. The standard InChI is InChI=1S/C21H42O2Si/c1-10-11-12-13-14-15-16-24(8,9)23-19(21(5,6)7)17-18(22)20(2,3)4/h17H,10-16H2,1-9H3/b19-17-. The number of carbonyl (C=O) groups is 1. The van der Waals surface area contributed by atoms with Crippen molar-refractivity contribution in [1.29, 1.82) is 0 Å². The molecule has 0 aliphatic carbocycles. The number of hydrogen-bond donors (Lipinski definition) is 0. The third kappa shape index (κ3) is 10.3. The average Bonchev–Trinajstić information content (AvgIpc) is 2.39. The van der Waals surface area contributed by atoms with E-state index < -0.39 is 8.32 Å². The van der Waals surface area contributed by atoms with Crippen molar-refractivity contribution in [2.45, 2.75) is 106 Å². The molecule has 0 fully saturated rings. The molecular weight excluding hydrogens is 312 g/mol. The maximum atomic E-state index is 12.4. The molecule has 0 N–H and O–H groups in total. The topological polar surface area (TPSA) is 26.3 Å². The summed E-state index contributed by atoms with van der Waals surface area (Å²) in [6, 6.07) is 1.16. The van der Waals surface area contributed by atoms with E-state index in [0.29, 0.717) is 0 Å². The van der Waals surface area contributed by atoms with Crippen LogP contribution in [0.3, 0.4) is 0 Å². The lowest BCUT2D eigenvalue weighted by Gasteiger charge is -2.33. The van der Waals surface area contributed by atoms with E-state index in [1.807, 2.05) is 20.8 Å². The van der Waals surface area contributed by atoms with Crippen LogP contribution in [0, 0.1) is 10.8 Å². The second-order valence-electron chi connectivity index (χ2n) is 9.75. The molecule has 0 aliphatic rings. The molecule has 0 aromatic heterocycles. The highest BCUT2D eigenvalue weighted by Gasteiger charge is 2.31. The molecule has 0 spiro atoms. The van der Waals surface area contributed by atoms with Crippen molar-refractivity contribution >= 4 is 14.1 Å². The second kappa shape index (κ2) is 9.79. The lowest BCUT2D eigenvalue weighted by Crippen LogP contribution is -2.33. The Bertz CT molecular complexity index is 409. The molecular formula is C21H42O2Si. The molecule has 0 aliphatic heterocycles. The molecule has 0 unspecified atom stereocenters. The Balaban J connectivity index is 4.78. The van der Waals surface area contributed by atoms with Crippen molar-refractivity contribution in [3.05, 3.63) is 11.8 Å². The van der Waals surface area contributed by atoms with Gasteiger partial charge < -0.3 is 4.43 Å². The van der Waals surface area contributed by atoms with Crippen molar-refractivity contribution in [3.63, 3.8) is 0 Å². The van der Waals surface area contributed by atoms with Crippen LogP contribution in [0.4, 0.5) is 0 Å². The van der Waals surface area contributed by atoms with Crippen LogP contribution in [0.2, 0.25) is 19.1 Å². The maximum absolute atomic E-state index is 12.4. The molecule has 142 valence electrons. The molecule has 0 aromatic carbocycles. The molecule has 3 heteroatoms. The van der Waals surface area contributed by atoms with Gasteiger partial charge in [0.2, 0.25) is 8.32 Å². The zero-order valence-corrected chi connectivity index (χ0v) is 18.8. The van der Waals surface area contributed by atoms with Crippen molar-refractivity contribution < 1.29 is 9.22 Å². The summed E-state index contributed by atoms with van der Waals surface area (Å²) in [4.78, 5) is 12.4. The SMILES string of the molecule is CCCCCCCC[Si](C)(C)O/C(=C\C(=O)C(C)(C)C)C(C)(C)C. The van der Waals surface area contributed by atoms with Gasteiger partial charge in [0.25, 0.3) is 0 Å². The van der Waals surface area contributed by atoms with Crippen LogP contribution in [0.25, 0.3) is 0 Å². The Morgan fingerprint density at radius 3 is 1.83 bits per heavy atom. The fourth-order valence-electron chi connectivity index (χ4n) is 2.41. The summed E-state index contributed by atoms with van der Waals surface area (Å²) >= 11 is 0. The first-order valence-corrected chi connectivity index (χ1v) is 12.9. The first kappa shape index (κ1) is 23.4. The number of unbranched alkanes of at least 4 members (excludes halogenated alkanes) is 5. The summed E-state index contributed by atoms with van der Waals surface area (Å²) in [5.41, 5.74) is -0.489. The van der Waals surface area contributed by atoms with Crippen molar-refractivity contribution in [2.24, 2.45) is 10.8 Å². The maximum Gasteiger partial charge on any atom is 0.244 e. The van der Waals surface area contributed by atoms with Gasteiger partial charge >= 0.3 is 0 Å². The van der Waals surface area contributed by atoms with Gasteiger partial charge in [-0.2, -0.15) is 0 Å². The number of ketones is 1. The van der Waals surface area contributed by atoms with E-state index in [-0.39, 0.29) is 16.6 Å². The summed E-state index contributed by atoms with van der Waals surface area (Å²) in [5, 5.41) is 0. The fraction of sp³-hybridized carbons (Fsp3) is 0.857. The Kier molecular flexibility index (Phi) is 9.56. The number of hydrogen-bond acceptors (Lipinski definition) is 2. The van der Waals surface area contributed by atoms with E-state index in [2.05, 4.69) is 40.8 Å². The van der Waals surface area contributed by atoms with Gasteiger partial charge in [-0.15, -0.1) is 0 Å². The minimum absolute atomic E-state index is 0.133. The van der Waals surface area contributed by atoms with E-state index in [4.69, 9.17) is 4.43 Å². The van der Waals surface area contributed by atoms with Gasteiger partial charge in [0.1, 0.15) is 0 Å². The molecule has 0 saturated heterocycles. The van der Waals surface area contributed by atoms with Crippen LogP contribution in [0.15, 0.2) is 11.8 Å². The van der Waals surface area contributed by atoms with Crippen molar-refractivity contribution in [1.82, 2.24) is 0 Å². The van der Waals surface area contributed by atoms with Gasteiger partial charge in [0.05, 0.1) is 5.76 Å². The quantitative estimate of drug-likeness (QED) is 0.181. The summed E-state index contributed by atoms with van der Waals surface area (Å²) in [6.07, 6.45) is 9.64. The van der Waals surface area contributed by atoms with Gasteiger partial charge in [0.15, 0.2) is 5.78 Å². The molecule has 0 radical (unpaired) electrons. The summed E-state index contributed by atoms with van der Waals surface area (Å²) < 4.78 is 6.48. The van der Waals surface area contributed by atoms with Gasteiger partial charge in [-0.3, -0.25) is 4.79 Å². The van der Waals surface area contributed by atoms with E-state index in [0.717, 1.165) is 11.8 Å². The number of rotatable bonds is 10. The molecule has 2 nitrogen and oxygen atoms in total. The average molecular weight is 355 g/mol. The van der Waals surface area contributed by atoms with Gasteiger partial charge in [-0.05, 0) is 19.1 Å². The molecule has 0 amide bonds. The van der Waals surface area contributed by atoms with E-state index >= 15 is 0 Å². The Morgan fingerprint density at radius 2 is 1.38 bits per heavy atom. The lowest BCUT2D eigenvalue weighted by atomic mass is 9.87. The van der Waals surface area contributed by atoms with Crippen LogP contribution >= 0.6 is 0 Å². The fourth-order valence-corrected chi connectivity index (χ4v) is 4.58. The highest BCUT2D eigenvalue weighted by Crippen LogP contribution is 2.32. The van der Waals surface area contributed by atoms with E-state index in [1.54, 1.807) is 6.08 Å². The van der Waals surface area contributed by atoms with Crippen molar-refractivity contribution in [2.75, 3.05) is 0 Å². The third-order valence-corrected chi connectivity index (χ3v) is 6.59. The predicted molar refractivity (Wildman–Crippen MR) is 109 cm³/mol. The molecule has 0 rings (SSSR count). The highest BCUT2D eigenvalue weighted by molar-refractivity contribution is 6.71. The molecule has 0 aromatic rings. The minimum atomic E-state index is -1.79. The second-order valence-corrected chi connectivity index (χ2v) is 14.0. The van der Waals surface area contributed by atoms with Gasteiger partial charge in [0, 0.05) is 16.9 Å². The molecule has 0 saturated carbocycles. The predicted octanol–water partition coefficient (Wildman–Crippen LogP) is 7.11. The van der Waals surface area contributed by atoms with Crippen LogP contribution < -0.4 is 0 Å². The van der Waals surface area contributed by atoms with Gasteiger partial charge in [-0.25, -0.2) is 0 Å². The lowest BCUT2D eigenvalue weighted by molar-refractivity contribution is -0.121. The minimum Gasteiger partial charge on any atom is -0.546 e. The molecule has 24 heavy (non-hydrogen) atoms. The summed E-state index contributed by atoms with van der Waals surface area (Å²) in [7, 11) is -1.79. The zero-order chi connectivity index (χ0) is 19.0. The molecule has 0 atom stereocenters. The smallest absolute Gasteiger partial charge is 0.244 e. The van der Waals surface area contributed by atoms with Crippen molar-refractivity contribution in [3.8, 4) is 0 Å². The van der Waals surface area contributed by atoms with Crippen LogP contribution in [0.5, 0.6) is 0 Å². The largest absolute Gasteiger partial charge is 0.546 e. The molecule has 0 heterocycles. The zero-order valence-electron chi connectivity index (χ0n) is 17.8. The monoisotopic (exact) mass is 354 g/mol. The van der Waals surface area contributed by atoms with Crippen LogP contribution in [-0.4, -0.2) is 14.1 Å². The Morgan fingerprint density at radius 1 is 0.875 bits per heavy atom. The molecule has 0 bridgehead atoms. The summed E-state index contributed by atoms with van der Waals surface area (Å²) in [5.74, 6) is 1.02. The van der Waals surface area contributed by atoms with Crippen LogP contribution in [0.1, 0.15) is 87.0 Å². The van der Waals surface area contributed by atoms with Gasteiger partial charge in [-0.1, -0.05) is 87.0 Å². The van der Waals surface area contributed by atoms with E-state index in [9.17, 15) is 4.79 Å². The normalized spacial score (nSPS) is 14.0. The first-order chi connectivity index (χ1) is 10.8. The first-order valence-electron chi connectivity index (χ1n) is 9.75. The summed E-state index contributed by atoms with van der Waals surface area (Å²) in [6.45, 7) is 19.1. The van der Waals surface area contributed by atoms with Crippen LogP contribution in [-0.2, 0) is 9.22 Å². The van der Waals surface area contributed by atoms with E-state index in [1.165, 1.54) is 38.5 Å².